The van der Waals surface area contributed by atoms with Gasteiger partial charge in [0.2, 0.25) is 0 Å². The van der Waals surface area contributed by atoms with Gasteiger partial charge in [-0.05, 0) is 36.4 Å². The minimum atomic E-state index is -0.867. The summed E-state index contributed by atoms with van der Waals surface area (Å²) in [5.41, 5.74) is 6.83. The summed E-state index contributed by atoms with van der Waals surface area (Å²) in [5.74, 6) is -1.38. The van der Waals surface area contributed by atoms with E-state index in [4.69, 9.17) is 10.5 Å². The molecule has 2 aromatic carbocycles. The van der Waals surface area contributed by atoms with Gasteiger partial charge in [-0.25, -0.2) is 4.39 Å². The van der Waals surface area contributed by atoms with Crippen LogP contribution in [-0.4, -0.2) is 42.0 Å². The molecular formula is C21H19FN4O3. The predicted molar refractivity (Wildman–Crippen MR) is 107 cm³/mol. The van der Waals surface area contributed by atoms with Crippen LogP contribution in [0, 0.1) is 5.82 Å². The van der Waals surface area contributed by atoms with E-state index in [9.17, 15) is 14.0 Å². The van der Waals surface area contributed by atoms with Crippen LogP contribution in [0.5, 0.6) is 0 Å². The van der Waals surface area contributed by atoms with Gasteiger partial charge in [0, 0.05) is 24.3 Å². The minimum absolute atomic E-state index is 0.212. The van der Waals surface area contributed by atoms with Crippen molar-refractivity contribution in [2.75, 3.05) is 31.2 Å². The summed E-state index contributed by atoms with van der Waals surface area (Å²) in [7, 11) is 0. The Kier molecular flexibility index (Phi) is 5.09. The number of halogens is 1. The molecule has 0 bridgehead atoms. The van der Waals surface area contributed by atoms with Crippen LogP contribution in [0.3, 0.4) is 0 Å². The molecular weight excluding hydrogens is 375 g/mol. The number of carbonyl (C=O) groups excluding carboxylic acids is 1. The largest absolute Gasteiger partial charge is 0.378 e. The van der Waals surface area contributed by atoms with Gasteiger partial charge in [-0.3, -0.25) is 9.59 Å². The number of nitrogens with zero attached hydrogens (tertiary/aromatic N) is 3. The number of hydrogen-bond acceptors (Lipinski definition) is 5. The van der Waals surface area contributed by atoms with Crippen molar-refractivity contribution >= 4 is 11.6 Å². The van der Waals surface area contributed by atoms with Crippen LogP contribution in [0.2, 0.25) is 0 Å². The molecule has 0 radical (unpaired) electrons. The first-order valence-electron chi connectivity index (χ1n) is 9.16. The third kappa shape index (κ3) is 3.88. The second-order valence-electron chi connectivity index (χ2n) is 6.65. The molecule has 0 spiro atoms. The molecule has 29 heavy (non-hydrogen) atoms. The van der Waals surface area contributed by atoms with Gasteiger partial charge >= 0.3 is 0 Å². The molecule has 1 aliphatic heterocycles. The average molecular weight is 394 g/mol. The van der Waals surface area contributed by atoms with E-state index in [2.05, 4.69) is 10.00 Å². The Balaban J connectivity index is 1.77. The van der Waals surface area contributed by atoms with Crippen LogP contribution in [-0.2, 0) is 4.74 Å². The van der Waals surface area contributed by atoms with Crippen molar-refractivity contribution in [1.82, 2.24) is 9.78 Å². The number of rotatable bonds is 4. The number of benzene rings is 2. The van der Waals surface area contributed by atoms with Crippen molar-refractivity contribution in [2.24, 2.45) is 5.73 Å². The van der Waals surface area contributed by atoms with E-state index in [-0.39, 0.29) is 11.3 Å². The fourth-order valence-corrected chi connectivity index (χ4v) is 3.26. The Hall–Kier alpha value is -3.52. The maximum Gasteiger partial charge on any atom is 0.284 e. The average Bonchev–Trinajstić information content (AvgIpc) is 2.74. The Labute approximate surface area is 166 Å². The van der Waals surface area contributed by atoms with Crippen molar-refractivity contribution in [3.8, 4) is 16.9 Å². The summed E-state index contributed by atoms with van der Waals surface area (Å²) in [6.45, 7) is 3.00. The van der Waals surface area contributed by atoms with Crippen molar-refractivity contribution in [3.05, 3.63) is 76.3 Å². The number of hydrogen-bond donors (Lipinski definition) is 1. The molecule has 1 aliphatic rings. The van der Waals surface area contributed by atoms with Crippen molar-refractivity contribution in [1.29, 1.82) is 0 Å². The van der Waals surface area contributed by atoms with E-state index >= 15 is 0 Å². The third-order valence-corrected chi connectivity index (χ3v) is 4.77. The van der Waals surface area contributed by atoms with Crippen LogP contribution in [0.25, 0.3) is 16.9 Å². The maximum atomic E-state index is 13.6. The molecule has 148 valence electrons. The van der Waals surface area contributed by atoms with E-state index < -0.39 is 17.3 Å². The lowest BCUT2D eigenvalue weighted by molar-refractivity contribution is 0.0998. The highest BCUT2D eigenvalue weighted by Gasteiger charge is 2.16. The molecule has 1 aromatic heterocycles. The summed E-state index contributed by atoms with van der Waals surface area (Å²) in [6, 6.07) is 14.4. The van der Waals surface area contributed by atoms with Gasteiger partial charge in [-0.2, -0.15) is 9.78 Å². The molecule has 8 heteroatoms. The van der Waals surface area contributed by atoms with E-state index in [0.29, 0.717) is 24.5 Å². The topological polar surface area (TPSA) is 90.4 Å². The highest BCUT2D eigenvalue weighted by atomic mass is 19.1. The Morgan fingerprint density at radius 3 is 2.41 bits per heavy atom. The highest BCUT2D eigenvalue weighted by molar-refractivity contribution is 5.93. The SMILES string of the molecule is NC(=O)c1cc(-c2ccc(N3CCOCC3)cc2)nn(-c2cccc(F)c2)c1=O. The van der Waals surface area contributed by atoms with Gasteiger partial charge in [0.05, 0.1) is 24.6 Å². The zero-order chi connectivity index (χ0) is 20.4. The van der Waals surface area contributed by atoms with Gasteiger partial charge in [0.1, 0.15) is 11.4 Å². The first kappa shape index (κ1) is 18.8. The molecule has 2 heterocycles. The monoisotopic (exact) mass is 394 g/mol. The van der Waals surface area contributed by atoms with Crippen molar-refractivity contribution < 1.29 is 13.9 Å². The van der Waals surface area contributed by atoms with Crippen molar-refractivity contribution in [2.45, 2.75) is 0 Å². The zero-order valence-corrected chi connectivity index (χ0v) is 15.5. The number of amides is 1. The Bertz CT molecular complexity index is 1110. The van der Waals surface area contributed by atoms with Crippen LogP contribution < -0.4 is 16.2 Å². The molecule has 0 unspecified atom stereocenters. The molecule has 2 N–H and O–H groups in total. The van der Waals surface area contributed by atoms with Crippen molar-refractivity contribution in [3.63, 3.8) is 0 Å². The molecule has 0 saturated carbocycles. The van der Waals surface area contributed by atoms with Gasteiger partial charge in [-0.1, -0.05) is 18.2 Å². The van der Waals surface area contributed by atoms with Gasteiger partial charge in [-0.15, -0.1) is 0 Å². The molecule has 1 amide bonds. The van der Waals surface area contributed by atoms with Crippen LogP contribution in [0.4, 0.5) is 10.1 Å². The number of primary amides is 1. The molecule has 3 aromatic rings. The maximum absolute atomic E-state index is 13.6. The summed E-state index contributed by atoms with van der Waals surface area (Å²) in [5, 5.41) is 4.34. The normalized spacial score (nSPS) is 14.0. The number of nitrogens with two attached hydrogens (primary N) is 1. The Morgan fingerprint density at radius 1 is 1.03 bits per heavy atom. The molecule has 1 fully saturated rings. The predicted octanol–water partition coefficient (Wildman–Crippen LogP) is 1.97. The van der Waals surface area contributed by atoms with E-state index in [0.717, 1.165) is 23.5 Å². The minimum Gasteiger partial charge on any atom is -0.378 e. The van der Waals surface area contributed by atoms with Gasteiger partial charge in [0.25, 0.3) is 11.5 Å². The first-order valence-corrected chi connectivity index (χ1v) is 9.16. The van der Waals surface area contributed by atoms with Crippen LogP contribution in [0.1, 0.15) is 10.4 Å². The van der Waals surface area contributed by atoms with E-state index in [1.54, 1.807) is 0 Å². The smallest absolute Gasteiger partial charge is 0.284 e. The van der Waals surface area contributed by atoms with Crippen LogP contribution >= 0.6 is 0 Å². The lowest BCUT2D eigenvalue weighted by atomic mass is 10.1. The summed E-state index contributed by atoms with van der Waals surface area (Å²) < 4.78 is 20.0. The lowest BCUT2D eigenvalue weighted by Crippen LogP contribution is -2.36. The van der Waals surface area contributed by atoms with E-state index in [1.165, 1.54) is 30.3 Å². The summed E-state index contributed by atoms with van der Waals surface area (Å²) in [4.78, 5) is 26.6. The quantitative estimate of drug-likeness (QED) is 0.731. The molecule has 1 saturated heterocycles. The number of anilines is 1. The molecule has 4 rings (SSSR count). The lowest BCUT2D eigenvalue weighted by Gasteiger charge is -2.28. The number of ether oxygens (including phenoxy) is 1. The van der Waals surface area contributed by atoms with Crippen LogP contribution in [0.15, 0.2) is 59.4 Å². The molecule has 0 atom stereocenters. The number of carbonyl (C=O) groups is 1. The molecule has 7 nitrogen and oxygen atoms in total. The summed E-state index contributed by atoms with van der Waals surface area (Å²) in [6.07, 6.45) is 0. The third-order valence-electron chi connectivity index (χ3n) is 4.77. The highest BCUT2D eigenvalue weighted by Crippen LogP contribution is 2.23. The second kappa shape index (κ2) is 7.84. The standard InChI is InChI=1S/C21H19FN4O3/c22-15-2-1-3-17(12-15)26-21(28)18(20(23)27)13-19(24-26)14-4-6-16(7-5-14)25-8-10-29-11-9-25/h1-7,12-13H,8-11H2,(H2,23,27). The first-order chi connectivity index (χ1) is 14.0. The Morgan fingerprint density at radius 2 is 1.76 bits per heavy atom. The molecule has 0 aliphatic carbocycles. The number of aromatic nitrogens is 2. The fourth-order valence-electron chi connectivity index (χ4n) is 3.26. The van der Waals surface area contributed by atoms with Gasteiger partial charge < -0.3 is 15.4 Å². The van der Waals surface area contributed by atoms with E-state index in [1.807, 2.05) is 24.3 Å². The second-order valence-corrected chi connectivity index (χ2v) is 6.65. The summed E-state index contributed by atoms with van der Waals surface area (Å²) >= 11 is 0. The number of morpholine rings is 1. The zero-order valence-electron chi connectivity index (χ0n) is 15.5. The van der Waals surface area contributed by atoms with Gasteiger partial charge in [0.15, 0.2) is 0 Å². The fraction of sp³-hybridized carbons (Fsp3) is 0.190.